The van der Waals surface area contributed by atoms with E-state index in [9.17, 15) is 28.1 Å². The van der Waals surface area contributed by atoms with Crippen LogP contribution in [-0.4, -0.2) is 49.2 Å². The first-order chi connectivity index (χ1) is 18.9. The number of nitro benzene ring substituents is 1. The van der Waals surface area contributed by atoms with E-state index in [2.05, 4.69) is 5.32 Å². The summed E-state index contributed by atoms with van der Waals surface area (Å²) < 4.78 is 28.4. The third kappa shape index (κ3) is 7.66. The lowest BCUT2D eigenvalue weighted by atomic mass is 10.1. The number of nitro groups is 1. The minimum atomic E-state index is -4.25. The Morgan fingerprint density at radius 3 is 2.08 bits per heavy atom. The van der Waals surface area contributed by atoms with Gasteiger partial charge in [0.2, 0.25) is 11.8 Å². The number of aryl methyl sites for hydroxylation is 1. The van der Waals surface area contributed by atoms with Gasteiger partial charge in [-0.25, -0.2) is 8.42 Å². The molecule has 0 heterocycles. The Bertz CT molecular complexity index is 1430. The number of carbonyl (C=O) groups is 2. The molecule has 0 spiro atoms. The first kappa shape index (κ1) is 30.3. The molecule has 0 bridgehead atoms. The molecule has 0 aliphatic heterocycles. The molecule has 0 radical (unpaired) electrons. The molecule has 0 aliphatic rings. The number of nitrogens with zero attached hydrogens (tertiary/aromatic N) is 3. The molecule has 1 N–H and O–H groups in total. The fourth-order valence-electron chi connectivity index (χ4n) is 3.91. The van der Waals surface area contributed by atoms with E-state index in [1.807, 2.05) is 45.0 Å². The molecule has 0 saturated heterocycles. The van der Waals surface area contributed by atoms with Gasteiger partial charge in [0.25, 0.3) is 15.7 Å². The summed E-state index contributed by atoms with van der Waals surface area (Å²) >= 11 is 0. The molecule has 0 fully saturated rings. The SMILES string of the molecule is Cc1ccc(CN(C(=O)CN(c2ccc([N+](=O)[O-])cc2)S(=O)(=O)c2ccccc2)[C@@H](C)C(=O)NCC(C)C)cc1. The quantitative estimate of drug-likeness (QED) is 0.257. The van der Waals surface area contributed by atoms with E-state index in [1.54, 1.807) is 25.1 Å². The summed E-state index contributed by atoms with van der Waals surface area (Å²) in [7, 11) is -4.25. The van der Waals surface area contributed by atoms with Crippen LogP contribution in [0.3, 0.4) is 0 Å². The highest BCUT2D eigenvalue weighted by atomic mass is 32.2. The third-order valence-electron chi connectivity index (χ3n) is 6.28. The van der Waals surface area contributed by atoms with Gasteiger partial charge in [-0.15, -0.1) is 0 Å². The van der Waals surface area contributed by atoms with Gasteiger partial charge in [-0.05, 0) is 49.6 Å². The van der Waals surface area contributed by atoms with Crippen molar-refractivity contribution in [1.29, 1.82) is 0 Å². The van der Waals surface area contributed by atoms with Crippen molar-refractivity contribution >= 4 is 33.2 Å². The zero-order valence-electron chi connectivity index (χ0n) is 23.0. The van der Waals surface area contributed by atoms with E-state index in [1.165, 1.54) is 41.3 Å². The van der Waals surface area contributed by atoms with E-state index in [-0.39, 0.29) is 34.6 Å². The number of hydrogen-bond acceptors (Lipinski definition) is 6. The van der Waals surface area contributed by atoms with Crippen LogP contribution in [0.5, 0.6) is 0 Å². The Balaban J connectivity index is 2.01. The Morgan fingerprint density at radius 1 is 0.925 bits per heavy atom. The summed E-state index contributed by atoms with van der Waals surface area (Å²) in [5.74, 6) is -0.765. The first-order valence-corrected chi connectivity index (χ1v) is 14.3. The molecule has 11 heteroatoms. The van der Waals surface area contributed by atoms with Gasteiger partial charge >= 0.3 is 0 Å². The lowest BCUT2D eigenvalue weighted by Crippen LogP contribution is -2.51. The second-order valence-corrected chi connectivity index (χ2v) is 11.8. The molecule has 3 aromatic carbocycles. The fraction of sp³-hybridized carbons (Fsp3) is 0.310. The lowest BCUT2D eigenvalue weighted by Gasteiger charge is -2.32. The molecule has 0 unspecified atom stereocenters. The molecule has 1 atom stereocenters. The van der Waals surface area contributed by atoms with Gasteiger partial charge in [-0.1, -0.05) is 61.9 Å². The predicted octanol–water partition coefficient (Wildman–Crippen LogP) is 4.29. The van der Waals surface area contributed by atoms with Crippen LogP contribution in [0.1, 0.15) is 31.9 Å². The standard InChI is InChI=1S/C29H34N4O6S/c1-21(2)18-30-29(35)23(4)31(19-24-12-10-22(3)11-13-24)28(34)20-32(25-14-16-26(17-15-25)33(36)37)40(38,39)27-8-6-5-7-9-27/h5-17,21,23H,18-20H2,1-4H3,(H,30,35)/t23-/m0/s1. The molecule has 0 saturated carbocycles. The molecule has 2 amide bonds. The van der Waals surface area contributed by atoms with Gasteiger partial charge in [0.05, 0.1) is 15.5 Å². The molecule has 0 aliphatic carbocycles. The van der Waals surface area contributed by atoms with Crippen molar-refractivity contribution in [1.82, 2.24) is 10.2 Å². The highest BCUT2D eigenvalue weighted by Crippen LogP contribution is 2.26. The van der Waals surface area contributed by atoms with Crippen molar-refractivity contribution in [3.05, 3.63) is 100 Å². The van der Waals surface area contributed by atoms with Gasteiger partial charge in [0.1, 0.15) is 12.6 Å². The molecule has 10 nitrogen and oxygen atoms in total. The highest BCUT2D eigenvalue weighted by Gasteiger charge is 2.32. The second kappa shape index (κ2) is 13.2. The van der Waals surface area contributed by atoms with Crippen LogP contribution < -0.4 is 9.62 Å². The first-order valence-electron chi connectivity index (χ1n) is 12.8. The van der Waals surface area contributed by atoms with Crippen molar-refractivity contribution in [3.63, 3.8) is 0 Å². The molecule has 40 heavy (non-hydrogen) atoms. The zero-order chi connectivity index (χ0) is 29.4. The summed E-state index contributed by atoms with van der Waals surface area (Å²) in [5.41, 5.74) is 1.66. The molecule has 3 rings (SSSR count). The zero-order valence-corrected chi connectivity index (χ0v) is 23.8. The summed E-state index contributed by atoms with van der Waals surface area (Å²) in [6.07, 6.45) is 0. The van der Waals surface area contributed by atoms with Gasteiger partial charge < -0.3 is 10.2 Å². The van der Waals surface area contributed by atoms with Crippen molar-refractivity contribution in [3.8, 4) is 0 Å². The number of hydrogen-bond donors (Lipinski definition) is 1. The Labute approximate surface area is 234 Å². The van der Waals surface area contributed by atoms with Gasteiger partial charge in [-0.3, -0.25) is 24.0 Å². The topological polar surface area (TPSA) is 130 Å². The Kier molecular flexibility index (Phi) is 10.0. The van der Waals surface area contributed by atoms with Crippen LogP contribution in [0.25, 0.3) is 0 Å². The number of benzene rings is 3. The van der Waals surface area contributed by atoms with Crippen molar-refractivity contribution in [2.75, 3.05) is 17.4 Å². The van der Waals surface area contributed by atoms with Gasteiger partial charge in [0.15, 0.2) is 0 Å². The number of rotatable bonds is 12. The van der Waals surface area contributed by atoms with Gasteiger partial charge in [0, 0.05) is 25.2 Å². The highest BCUT2D eigenvalue weighted by molar-refractivity contribution is 7.92. The minimum absolute atomic E-state index is 0.0473. The van der Waals surface area contributed by atoms with E-state index in [0.29, 0.717) is 6.54 Å². The van der Waals surface area contributed by atoms with Crippen LogP contribution in [-0.2, 0) is 26.2 Å². The third-order valence-corrected chi connectivity index (χ3v) is 8.07. The van der Waals surface area contributed by atoms with Gasteiger partial charge in [-0.2, -0.15) is 0 Å². The summed E-state index contributed by atoms with van der Waals surface area (Å²) in [4.78, 5) is 38.8. The second-order valence-electron chi connectivity index (χ2n) is 9.92. The molecular weight excluding hydrogens is 532 g/mol. The summed E-state index contributed by atoms with van der Waals surface area (Å²) in [6, 6.07) is 19.1. The van der Waals surface area contributed by atoms with E-state index in [0.717, 1.165) is 15.4 Å². The average molecular weight is 567 g/mol. The van der Waals surface area contributed by atoms with E-state index in [4.69, 9.17) is 0 Å². The van der Waals surface area contributed by atoms with Crippen molar-refractivity contribution < 1.29 is 22.9 Å². The Hall–Kier alpha value is -4.25. The summed E-state index contributed by atoms with van der Waals surface area (Å²) in [5, 5.41) is 14.0. The molecular formula is C29H34N4O6S. The largest absolute Gasteiger partial charge is 0.354 e. The smallest absolute Gasteiger partial charge is 0.269 e. The number of amides is 2. The minimum Gasteiger partial charge on any atom is -0.354 e. The average Bonchev–Trinajstić information content (AvgIpc) is 2.94. The van der Waals surface area contributed by atoms with E-state index >= 15 is 0 Å². The Morgan fingerprint density at radius 2 is 1.52 bits per heavy atom. The van der Waals surface area contributed by atoms with Crippen LogP contribution in [0.2, 0.25) is 0 Å². The number of nitrogens with one attached hydrogen (secondary N) is 1. The fourth-order valence-corrected chi connectivity index (χ4v) is 5.35. The predicted molar refractivity (Wildman–Crippen MR) is 153 cm³/mol. The van der Waals surface area contributed by atoms with Crippen LogP contribution in [0.4, 0.5) is 11.4 Å². The summed E-state index contributed by atoms with van der Waals surface area (Å²) in [6.45, 7) is 7.33. The number of sulfonamides is 1. The monoisotopic (exact) mass is 566 g/mol. The van der Waals surface area contributed by atoms with Crippen LogP contribution >= 0.6 is 0 Å². The lowest BCUT2D eigenvalue weighted by molar-refractivity contribution is -0.384. The molecule has 0 aromatic heterocycles. The number of non-ortho nitro benzene ring substituents is 1. The van der Waals surface area contributed by atoms with Crippen molar-refractivity contribution in [2.45, 2.75) is 45.2 Å². The normalized spacial score (nSPS) is 12.0. The van der Waals surface area contributed by atoms with E-state index < -0.39 is 33.4 Å². The maximum Gasteiger partial charge on any atom is 0.269 e. The van der Waals surface area contributed by atoms with Crippen molar-refractivity contribution in [2.24, 2.45) is 5.92 Å². The van der Waals surface area contributed by atoms with Crippen LogP contribution in [0.15, 0.2) is 83.8 Å². The molecule has 212 valence electrons. The molecule has 3 aromatic rings. The maximum atomic E-state index is 13.9. The number of anilines is 1. The van der Waals surface area contributed by atoms with Crippen LogP contribution in [0, 0.1) is 23.0 Å². The number of carbonyl (C=O) groups excluding carboxylic acids is 2. The maximum absolute atomic E-state index is 13.9.